The van der Waals surface area contributed by atoms with Gasteiger partial charge in [-0.25, -0.2) is 0 Å². The van der Waals surface area contributed by atoms with Crippen molar-refractivity contribution >= 4 is 5.91 Å². The molecule has 1 aliphatic carbocycles. The molecule has 2 rings (SSSR count). The standard InChI is InChI=1S/C14H27N3O/c1-2-17-9-6-12(7-10-17)11-15-8-5-14(18)16-13-3-4-13/h12-13,15H,2-11H2,1H3,(H,16,18). The molecule has 0 atom stereocenters. The zero-order valence-corrected chi connectivity index (χ0v) is 11.6. The molecule has 1 heterocycles. The summed E-state index contributed by atoms with van der Waals surface area (Å²) < 4.78 is 0. The second kappa shape index (κ2) is 7.10. The normalized spacial score (nSPS) is 22.1. The van der Waals surface area contributed by atoms with Gasteiger partial charge in [-0.1, -0.05) is 6.92 Å². The number of carbonyl (C=O) groups excluding carboxylic acids is 1. The van der Waals surface area contributed by atoms with Crippen LogP contribution in [0.1, 0.15) is 39.0 Å². The van der Waals surface area contributed by atoms with Crippen LogP contribution in [-0.4, -0.2) is 49.6 Å². The highest BCUT2D eigenvalue weighted by Crippen LogP contribution is 2.18. The van der Waals surface area contributed by atoms with Crippen LogP contribution in [0.4, 0.5) is 0 Å². The molecule has 0 aromatic carbocycles. The van der Waals surface area contributed by atoms with Gasteiger partial charge < -0.3 is 15.5 Å². The molecule has 1 saturated heterocycles. The van der Waals surface area contributed by atoms with Crippen molar-refractivity contribution in [1.29, 1.82) is 0 Å². The summed E-state index contributed by atoms with van der Waals surface area (Å²) in [6.07, 6.45) is 5.58. The first-order valence-electron chi connectivity index (χ1n) is 7.50. The van der Waals surface area contributed by atoms with Crippen LogP contribution in [0.2, 0.25) is 0 Å². The molecule has 2 aliphatic rings. The van der Waals surface area contributed by atoms with Crippen molar-refractivity contribution in [3.05, 3.63) is 0 Å². The lowest BCUT2D eigenvalue weighted by molar-refractivity contribution is -0.121. The lowest BCUT2D eigenvalue weighted by atomic mass is 9.97. The number of rotatable bonds is 7. The summed E-state index contributed by atoms with van der Waals surface area (Å²) in [6.45, 7) is 7.80. The molecule has 0 bridgehead atoms. The minimum atomic E-state index is 0.214. The van der Waals surface area contributed by atoms with Gasteiger partial charge in [-0.2, -0.15) is 0 Å². The Balaban J connectivity index is 1.46. The Morgan fingerprint density at radius 3 is 2.56 bits per heavy atom. The number of piperidine rings is 1. The number of carbonyl (C=O) groups is 1. The second-order valence-corrected chi connectivity index (χ2v) is 5.67. The maximum Gasteiger partial charge on any atom is 0.221 e. The zero-order valence-electron chi connectivity index (χ0n) is 11.6. The van der Waals surface area contributed by atoms with Gasteiger partial charge >= 0.3 is 0 Å². The molecule has 4 nitrogen and oxygen atoms in total. The fourth-order valence-corrected chi connectivity index (χ4v) is 2.54. The summed E-state index contributed by atoms with van der Waals surface area (Å²) in [5.74, 6) is 1.02. The van der Waals surface area contributed by atoms with Gasteiger partial charge in [0.2, 0.25) is 5.91 Å². The van der Waals surface area contributed by atoms with E-state index in [1.165, 1.54) is 45.3 Å². The number of likely N-dealkylation sites (tertiary alicyclic amines) is 1. The Kier molecular flexibility index (Phi) is 5.45. The van der Waals surface area contributed by atoms with E-state index in [1.807, 2.05) is 0 Å². The van der Waals surface area contributed by atoms with E-state index in [1.54, 1.807) is 0 Å². The van der Waals surface area contributed by atoms with Crippen LogP contribution < -0.4 is 10.6 Å². The average Bonchev–Trinajstić information content (AvgIpc) is 3.19. The largest absolute Gasteiger partial charge is 0.353 e. The van der Waals surface area contributed by atoms with Crippen LogP contribution in [0.5, 0.6) is 0 Å². The highest BCUT2D eigenvalue weighted by atomic mass is 16.1. The quantitative estimate of drug-likeness (QED) is 0.665. The average molecular weight is 253 g/mol. The summed E-state index contributed by atoms with van der Waals surface area (Å²) in [6, 6.07) is 0.496. The van der Waals surface area contributed by atoms with Crippen molar-refractivity contribution in [2.24, 2.45) is 5.92 Å². The lowest BCUT2D eigenvalue weighted by Crippen LogP contribution is -2.37. The number of hydrogen-bond donors (Lipinski definition) is 2. The topological polar surface area (TPSA) is 44.4 Å². The highest BCUT2D eigenvalue weighted by Gasteiger charge is 2.22. The molecule has 2 N–H and O–H groups in total. The Bertz CT molecular complexity index is 258. The third-order valence-corrected chi connectivity index (χ3v) is 4.06. The molecule has 0 spiro atoms. The number of nitrogens with one attached hydrogen (secondary N) is 2. The molecule has 2 fully saturated rings. The van der Waals surface area contributed by atoms with Crippen molar-refractivity contribution in [2.75, 3.05) is 32.7 Å². The molecule has 0 unspecified atom stereocenters. The maximum absolute atomic E-state index is 11.5. The van der Waals surface area contributed by atoms with Crippen LogP contribution in [0.25, 0.3) is 0 Å². The molecule has 1 amide bonds. The number of nitrogens with zero attached hydrogens (tertiary/aromatic N) is 1. The van der Waals surface area contributed by atoms with E-state index in [4.69, 9.17) is 0 Å². The Hall–Kier alpha value is -0.610. The van der Waals surface area contributed by atoms with E-state index in [0.29, 0.717) is 12.5 Å². The van der Waals surface area contributed by atoms with Crippen LogP contribution in [0.15, 0.2) is 0 Å². The fourth-order valence-electron chi connectivity index (χ4n) is 2.54. The molecule has 4 heteroatoms. The van der Waals surface area contributed by atoms with Gasteiger partial charge in [0.15, 0.2) is 0 Å². The van der Waals surface area contributed by atoms with E-state index in [0.717, 1.165) is 19.0 Å². The summed E-state index contributed by atoms with van der Waals surface area (Å²) >= 11 is 0. The SMILES string of the molecule is CCN1CCC(CNCCC(=O)NC2CC2)CC1. The Morgan fingerprint density at radius 2 is 1.94 bits per heavy atom. The molecule has 0 radical (unpaired) electrons. The summed E-state index contributed by atoms with van der Waals surface area (Å²) in [5, 5.41) is 6.45. The second-order valence-electron chi connectivity index (χ2n) is 5.67. The minimum absolute atomic E-state index is 0.214. The zero-order chi connectivity index (χ0) is 12.8. The van der Waals surface area contributed by atoms with Gasteiger partial charge in [0, 0.05) is 19.0 Å². The molecular formula is C14H27N3O. The number of amides is 1. The third kappa shape index (κ3) is 4.94. The van der Waals surface area contributed by atoms with Gasteiger partial charge in [-0.15, -0.1) is 0 Å². The first kappa shape index (κ1) is 13.8. The van der Waals surface area contributed by atoms with E-state index in [9.17, 15) is 4.79 Å². The highest BCUT2D eigenvalue weighted by molar-refractivity contribution is 5.76. The van der Waals surface area contributed by atoms with Crippen LogP contribution in [0, 0.1) is 5.92 Å². The summed E-state index contributed by atoms with van der Waals surface area (Å²) in [5.41, 5.74) is 0. The molecule has 104 valence electrons. The molecule has 0 aromatic rings. The van der Waals surface area contributed by atoms with Gasteiger partial charge in [-0.3, -0.25) is 4.79 Å². The van der Waals surface area contributed by atoms with E-state index < -0.39 is 0 Å². The minimum Gasteiger partial charge on any atom is -0.353 e. The monoisotopic (exact) mass is 253 g/mol. The fraction of sp³-hybridized carbons (Fsp3) is 0.929. The van der Waals surface area contributed by atoms with Crippen molar-refractivity contribution in [3.63, 3.8) is 0 Å². The van der Waals surface area contributed by atoms with Gasteiger partial charge in [0.1, 0.15) is 0 Å². The molecular weight excluding hydrogens is 226 g/mol. The molecule has 18 heavy (non-hydrogen) atoms. The van der Waals surface area contributed by atoms with Crippen molar-refractivity contribution < 1.29 is 4.79 Å². The van der Waals surface area contributed by atoms with Gasteiger partial charge in [-0.05, 0) is 57.8 Å². The Morgan fingerprint density at radius 1 is 1.22 bits per heavy atom. The van der Waals surface area contributed by atoms with Crippen molar-refractivity contribution in [2.45, 2.75) is 45.1 Å². The predicted octanol–water partition coefficient (Wildman–Crippen LogP) is 0.977. The maximum atomic E-state index is 11.5. The number of hydrogen-bond acceptors (Lipinski definition) is 3. The van der Waals surface area contributed by atoms with E-state index in [2.05, 4.69) is 22.5 Å². The van der Waals surface area contributed by atoms with E-state index in [-0.39, 0.29) is 5.91 Å². The van der Waals surface area contributed by atoms with E-state index >= 15 is 0 Å². The Labute approximate surface area is 110 Å². The first-order valence-corrected chi connectivity index (χ1v) is 7.50. The van der Waals surface area contributed by atoms with Crippen molar-refractivity contribution in [3.8, 4) is 0 Å². The first-order chi connectivity index (χ1) is 8.78. The lowest BCUT2D eigenvalue weighted by Gasteiger charge is -2.31. The van der Waals surface area contributed by atoms with Crippen LogP contribution >= 0.6 is 0 Å². The molecule has 1 saturated carbocycles. The third-order valence-electron chi connectivity index (χ3n) is 4.06. The van der Waals surface area contributed by atoms with Crippen LogP contribution in [-0.2, 0) is 4.79 Å². The predicted molar refractivity (Wildman–Crippen MR) is 73.5 cm³/mol. The summed E-state index contributed by atoms with van der Waals surface area (Å²) in [4.78, 5) is 14.0. The molecule has 1 aliphatic heterocycles. The smallest absolute Gasteiger partial charge is 0.221 e. The molecule has 0 aromatic heterocycles. The summed E-state index contributed by atoms with van der Waals surface area (Å²) in [7, 11) is 0. The van der Waals surface area contributed by atoms with Gasteiger partial charge in [0.05, 0.1) is 0 Å². The van der Waals surface area contributed by atoms with Crippen molar-refractivity contribution in [1.82, 2.24) is 15.5 Å². The van der Waals surface area contributed by atoms with Gasteiger partial charge in [0.25, 0.3) is 0 Å². The van der Waals surface area contributed by atoms with Crippen LogP contribution in [0.3, 0.4) is 0 Å².